The highest BCUT2D eigenvalue weighted by molar-refractivity contribution is 7.88. The third-order valence-electron chi connectivity index (χ3n) is 4.49. The lowest BCUT2D eigenvalue weighted by Crippen LogP contribution is -2.48. The van der Waals surface area contributed by atoms with Gasteiger partial charge in [0, 0.05) is 38.4 Å². The second kappa shape index (κ2) is 8.04. The maximum Gasteiger partial charge on any atom is 0.221 e. The lowest BCUT2D eigenvalue weighted by molar-refractivity contribution is -0.123. The van der Waals surface area contributed by atoms with Gasteiger partial charge < -0.3 is 10.4 Å². The number of amides is 1. The number of aliphatic hydroxyl groups excluding tert-OH is 1. The summed E-state index contributed by atoms with van der Waals surface area (Å²) < 4.78 is 23.9. The van der Waals surface area contributed by atoms with Gasteiger partial charge in [-0.3, -0.25) is 9.78 Å². The largest absolute Gasteiger partial charge is 0.393 e. The quantitative estimate of drug-likeness (QED) is 0.692. The Kier molecular flexibility index (Phi) is 6.31. The van der Waals surface area contributed by atoms with Crippen molar-refractivity contribution in [2.24, 2.45) is 5.92 Å². The minimum atomic E-state index is -3.28. The van der Waals surface area contributed by atoms with Gasteiger partial charge in [0.25, 0.3) is 0 Å². The van der Waals surface area contributed by atoms with E-state index in [4.69, 9.17) is 0 Å². The minimum Gasteiger partial charge on any atom is -0.393 e. The predicted molar refractivity (Wildman–Crippen MR) is 90.7 cm³/mol. The van der Waals surface area contributed by atoms with Crippen molar-refractivity contribution in [3.05, 3.63) is 30.1 Å². The van der Waals surface area contributed by atoms with E-state index in [0.29, 0.717) is 19.3 Å². The Bertz CT molecular complexity index is 645. The number of aliphatic hydroxyl groups is 1. The summed E-state index contributed by atoms with van der Waals surface area (Å²) in [4.78, 5) is 16.2. The van der Waals surface area contributed by atoms with Crippen LogP contribution in [-0.2, 0) is 21.2 Å². The van der Waals surface area contributed by atoms with Crippen LogP contribution in [0.2, 0.25) is 0 Å². The molecule has 0 spiro atoms. The van der Waals surface area contributed by atoms with E-state index in [0.717, 1.165) is 16.1 Å². The van der Waals surface area contributed by atoms with Crippen molar-refractivity contribution >= 4 is 15.9 Å². The number of sulfonamides is 1. The molecule has 0 aliphatic heterocycles. The van der Waals surface area contributed by atoms with Gasteiger partial charge in [0.2, 0.25) is 15.9 Å². The van der Waals surface area contributed by atoms with Crippen LogP contribution in [0.5, 0.6) is 0 Å². The van der Waals surface area contributed by atoms with E-state index in [9.17, 15) is 18.3 Å². The molecule has 2 N–H and O–H groups in total. The van der Waals surface area contributed by atoms with Crippen molar-refractivity contribution < 1.29 is 18.3 Å². The first-order valence-electron chi connectivity index (χ1n) is 8.03. The fraction of sp³-hybridized carbons (Fsp3) is 0.625. The number of aromatic nitrogens is 1. The Morgan fingerprint density at radius 3 is 2.58 bits per heavy atom. The van der Waals surface area contributed by atoms with Gasteiger partial charge in [-0.1, -0.05) is 0 Å². The number of nitrogens with one attached hydrogen (secondary N) is 1. The van der Waals surface area contributed by atoms with Crippen molar-refractivity contribution in [3.63, 3.8) is 0 Å². The third kappa shape index (κ3) is 5.54. The third-order valence-corrected chi connectivity index (χ3v) is 5.80. The van der Waals surface area contributed by atoms with Crippen LogP contribution in [0.1, 0.15) is 24.8 Å². The standard InChI is InChI=1S/C16H25N3O4S/c1-19(24(2,22)23)8-5-16(21)18-15(13-10-14(20)11-13)9-12-3-6-17-7-4-12/h3-4,6-7,13-15,20H,5,8-11H2,1-2H3,(H,18,21)/t13?,14?,15-/m1/s1. The van der Waals surface area contributed by atoms with Gasteiger partial charge in [0.05, 0.1) is 12.4 Å². The van der Waals surface area contributed by atoms with Crippen molar-refractivity contribution in [2.75, 3.05) is 19.8 Å². The van der Waals surface area contributed by atoms with E-state index in [1.807, 2.05) is 12.1 Å². The molecule has 1 amide bonds. The first-order valence-corrected chi connectivity index (χ1v) is 9.88. The van der Waals surface area contributed by atoms with Crippen LogP contribution in [0.15, 0.2) is 24.5 Å². The zero-order valence-electron chi connectivity index (χ0n) is 14.1. The van der Waals surface area contributed by atoms with Gasteiger partial charge in [-0.25, -0.2) is 12.7 Å². The molecular formula is C16H25N3O4S. The summed E-state index contributed by atoms with van der Waals surface area (Å²) >= 11 is 0. The molecule has 1 saturated carbocycles. The zero-order valence-corrected chi connectivity index (χ0v) is 14.9. The number of nitrogens with zero attached hydrogens (tertiary/aromatic N) is 2. The Morgan fingerprint density at radius 1 is 1.42 bits per heavy atom. The monoisotopic (exact) mass is 355 g/mol. The second-order valence-electron chi connectivity index (χ2n) is 6.45. The first-order chi connectivity index (χ1) is 11.3. The average Bonchev–Trinajstić information content (AvgIpc) is 2.49. The fourth-order valence-corrected chi connectivity index (χ4v) is 3.19. The van der Waals surface area contributed by atoms with Crippen LogP contribution in [0.25, 0.3) is 0 Å². The Hall–Kier alpha value is -1.51. The second-order valence-corrected chi connectivity index (χ2v) is 8.54. The molecule has 0 bridgehead atoms. The van der Waals surface area contributed by atoms with Crippen molar-refractivity contribution in [1.82, 2.24) is 14.6 Å². The molecule has 1 aliphatic carbocycles. The van der Waals surface area contributed by atoms with E-state index < -0.39 is 10.0 Å². The first kappa shape index (κ1) is 18.8. The Balaban J connectivity index is 1.91. The van der Waals surface area contributed by atoms with E-state index in [2.05, 4.69) is 10.3 Å². The SMILES string of the molecule is CN(CCC(=O)N[C@H](Cc1ccncc1)C1CC(O)C1)S(C)(=O)=O. The van der Waals surface area contributed by atoms with Gasteiger partial charge in [-0.05, 0) is 42.9 Å². The lowest BCUT2D eigenvalue weighted by atomic mass is 9.75. The molecule has 1 aromatic rings. The highest BCUT2D eigenvalue weighted by Gasteiger charge is 2.34. The summed E-state index contributed by atoms with van der Waals surface area (Å²) in [5.41, 5.74) is 1.07. The summed E-state index contributed by atoms with van der Waals surface area (Å²) in [5, 5.41) is 12.5. The summed E-state index contributed by atoms with van der Waals surface area (Å²) in [5.74, 6) is 0.0655. The highest BCUT2D eigenvalue weighted by atomic mass is 32.2. The van der Waals surface area contributed by atoms with Gasteiger partial charge in [0.15, 0.2) is 0 Å². The smallest absolute Gasteiger partial charge is 0.221 e. The molecule has 2 rings (SSSR count). The molecule has 1 fully saturated rings. The molecule has 1 aromatic heterocycles. The number of hydrogen-bond acceptors (Lipinski definition) is 5. The Labute approximate surface area is 143 Å². The fourth-order valence-electron chi connectivity index (χ4n) is 2.77. The number of carbonyl (C=O) groups is 1. The number of rotatable bonds is 8. The summed E-state index contributed by atoms with van der Waals surface area (Å²) in [6.45, 7) is 0.153. The zero-order chi connectivity index (χ0) is 17.7. The summed E-state index contributed by atoms with van der Waals surface area (Å²) in [6, 6.07) is 3.75. The predicted octanol–water partition coefficient (Wildman–Crippen LogP) is 0.161. The lowest BCUT2D eigenvalue weighted by Gasteiger charge is -2.38. The van der Waals surface area contributed by atoms with Crippen molar-refractivity contribution in [2.45, 2.75) is 37.8 Å². The maximum absolute atomic E-state index is 12.2. The molecule has 0 unspecified atom stereocenters. The summed E-state index contributed by atoms with van der Waals surface area (Å²) in [7, 11) is -1.82. The topological polar surface area (TPSA) is 99.6 Å². The molecule has 8 heteroatoms. The molecule has 0 saturated heterocycles. The van der Waals surface area contributed by atoms with Gasteiger partial charge in [-0.2, -0.15) is 0 Å². The number of carbonyl (C=O) groups excluding carboxylic acids is 1. The van der Waals surface area contributed by atoms with Crippen LogP contribution < -0.4 is 5.32 Å². The van der Waals surface area contributed by atoms with Crippen LogP contribution in [0.3, 0.4) is 0 Å². The molecule has 1 heterocycles. The maximum atomic E-state index is 12.2. The van der Waals surface area contributed by atoms with Crippen LogP contribution >= 0.6 is 0 Å². The van der Waals surface area contributed by atoms with Crippen LogP contribution in [-0.4, -0.2) is 60.7 Å². The molecule has 0 radical (unpaired) electrons. The Morgan fingerprint density at radius 2 is 2.04 bits per heavy atom. The number of hydrogen-bond donors (Lipinski definition) is 2. The average molecular weight is 355 g/mol. The summed E-state index contributed by atoms with van der Waals surface area (Å²) in [6.07, 6.45) is 6.41. The van der Waals surface area contributed by atoms with Gasteiger partial charge in [0.1, 0.15) is 0 Å². The molecule has 24 heavy (non-hydrogen) atoms. The van der Waals surface area contributed by atoms with E-state index in [-0.39, 0.29) is 36.9 Å². The van der Waals surface area contributed by atoms with E-state index >= 15 is 0 Å². The van der Waals surface area contributed by atoms with E-state index in [1.165, 1.54) is 7.05 Å². The van der Waals surface area contributed by atoms with E-state index in [1.54, 1.807) is 12.4 Å². The molecule has 7 nitrogen and oxygen atoms in total. The molecule has 1 aliphatic rings. The van der Waals surface area contributed by atoms with Crippen molar-refractivity contribution in [1.29, 1.82) is 0 Å². The number of pyridine rings is 1. The molecule has 134 valence electrons. The molecule has 0 aromatic carbocycles. The van der Waals surface area contributed by atoms with Crippen LogP contribution in [0, 0.1) is 5.92 Å². The van der Waals surface area contributed by atoms with Crippen LogP contribution in [0.4, 0.5) is 0 Å². The molecule has 1 atom stereocenters. The van der Waals surface area contributed by atoms with Crippen molar-refractivity contribution in [3.8, 4) is 0 Å². The minimum absolute atomic E-state index is 0.0631. The highest BCUT2D eigenvalue weighted by Crippen LogP contribution is 2.31. The normalized spacial score (nSPS) is 22.0. The molecular weight excluding hydrogens is 330 g/mol. The van der Waals surface area contributed by atoms with Gasteiger partial charge in [-0.15, -0.1) is 0 Å². The van der Waals surface area contributed by atoms with Gasteiger partial charge >= 0.3 is 0 Å².